The van der Waals surface area contributed by atoms with E-state index in [2.05, 4.69) is 23.9 Å². The maximum atomic E-state index is 6.22. The van der Waals surface area contributed by atoms with Crippen LogP contribution in [0.5, 0.6) is 0 Å². The number of piperidine rings is 1. The third kappa shape index (κ3) is 3.37. The van der Waals surface area contributed by atoms with Gasteiger partial charge in [-0.05, 0) is 57.2 Å². The van der Waals surface area contributed by atoms with Crippen LogP contribution < -0.4 is 5.73 Å². The first kappa shape index (κ1) is 13.7. The first-order valence-corrected chi connectivity index (χ1v) is 6.87. The van der Waals surface area contributed by atoms with Gasteiger partial charge in [0.2, 0.25) is 0 Å². The summed E-state index contributed by atoms with van der Waals surface area (Å²) in [6.07, 6.45) is 2.54. The topological polar surface area (TPSA) is 32.5 Å². The summed E-state index contributed by atoms with van der Waals surface area (Å²) in [5.74, 6) is 0. The maximum Gasteiger partial charge on any atom is 0.0452 e. The lowest BCUT2D eigenvalue weighted by Crippen LogP contribution is -2.44. The van der Waals surface area contributed by atoms with Crippen molar-refractivity contribution in [1.82, 2.24) is 9.80 Å². The predicted molar refractivity (Wildman–Crippen MR) is 77.9 cm³/mol. The number of rotatable bonds is 3. The van der Waals surface area contributed by atoms with E-state index >= 15 is 0 Å². The number of anilines is 1. The van der Waals surface area contributed by atoms with Crippen LogP contribution in [0.25, 0.3) is 0 Å². The second-order valence-electron chi connectivity index (χ2n) is 5.32. The molecule has 100 valence electrons. The molecule has 0 radical (unpaired) electrons. The molecular weight excluding hydrogens is 246 g/mol. The molecule has 1 saturated heterocycles. The second-order valence-corrected chi connectivity index (χ2v) is 5.73. The van der Waals surface area contributed by atoms with E-state index in [0.717, 1.165) is 29.4 Å². The van der Waals surface area contributed by atoms with Crippen molar-refractivity contribution in [3.63, 3.8) is 0 Å². The lowest BCUT2D eigenvalue weighted by Gasteiger charge is -2.36. The number of nitrogens with two attached hydrogens (primary N) is 1. The largest absolute Gasteiger partial charge is 0.399 e. The molecule has 0 aliphatic carbocycles. The highest BCUT2D eigenvalue weighted by molar-refractivity contribution is 6.31. The van der Waals surface area contributed by atoms with Crippen molar-refractivity contribution in [3.8, 4) is 0 Å². The second kappa shape index (κ2) is 5.91. The summed E-state index contributed by atoms with van der Waals surface area (Å²) < 4.78 is 0. The Hall–Kier alpha value is -0.770. The van der Waals surface area contributed by atoms with Gasteiger partial charge in [0.05, 0.1) is 0 Å². The number of likely N-dealkylation sites (N-methyl/N-ethyl adjacent to an activating group) is 2. The molecule has 1 aliphatic rings. The molecule has 18 heavy (non-hydrogen) atoms. The molecule has 0 aromatic heterocycles. The van der Waals surface area contributed by atoms with Crippen LogP contribution >= 0.6 is 11.6 Å². The summed E-state index contributed by atoms with van der Waals surface area (Å²) in [5.41, 5.74) is 7.72. The van der Waals surface area contributed by atoms with Crippen molar-refractivity contribution in [1.29, 1.82) is 0 Å². The van der Waals surface area contributed by atoms with Crippen LogP contribution in [0, 0.1) is 0 Å². The van der Waals surface area contributed by atoms with Crippen LogP contribution in [0.15, 0.2) is 18.2 Å². The van der Waals surface area contributed by atoms with Crippen LogP contribution in [0.4, 0.5) is 5.69 Å². The van der Waals surface area contributed by atoms with Crippen molar-refractivity contribution < 1.29 is 0 Å². The van der Waals surface area contributed by atoms with E-state index in [9.17, 15) is 0 Å². The molecule has 1 atom stereocenters. The minimum atomic E-state index is 0.612. The van der Waals surface area contributed by atoms with E-state index in [1.165, 1.54) is 19.4 Å². The first-order valence-electron chi connectivity index (χ1n) is 6.49. The van der Waals surface area contributed by atoms with Gasteiger partial charge in [0.25, 0.3) is 0 Å². The van der Waals surface area contributed by atoms with Gasteiger partial charge in [-0.3, -0.25) is 4.90 Å². The van der Waals surface area contributed by atoms with Crippen molar-refractivity contribution in [2.24, 2.45) is 0 Å². The summed E-state index contributed by atoms with van der Waals surface area (Å²) in [7, 11) is 4.36. The molecule has 0 saturated carbocycles. The van der Waals surface area contributed by atoms with E-state index in [1.807, 2.05) is 18.2 Å². The number of halogens is 1. The van der Waals surface area contributed by atoms with E-state index in [4.69, 9.17) is 17.3 Å². The smallest absolute Gasteiger partial charge is 0.0452 e. The Morgan fingerprint density at radius 3 is 3.00 bits per heavy atom. The SMILES string of the molecule is CN1CCCC(N(C)Cc2cc(N)ccc2Cl)C1. The Morgan fingerprint density at radius 1 is 1.50 bits per heavy atom. The molecule has 0 amide bonds. The predicted octanol–water partition coefficient (Wildman–Crippen LogP) is 2.45. The van der Waals surface area contributed by atoms with E-state index in [-0.39, 0.29) is 0 Å². The van der Waals surface area contributed by atoms with Crippen LogP contribution in [0.2, 0.25) is 5.02 Å². The van der Waals surface area contributed by atoms with Gasteiger partial charge in [-0.2, -0.15) is 0 Å². The zero-order valence-electron chi connectivity index (χ0n) is 11.2. The zero-order chi connectivity index (χ0) is 13.1. The molecule has 2 N–H and O–H groups in total. The molecule has 3 nitrogen and oxygen atoms in total. The van der Waals surface area contributed by atoms with Crippen molar-refractivity contribution >= 4 is 17.3 Å². The molecule has 0 spiro atoms. The van der Waals surface area contributed by atoms with Crippen LogP contribution in [-0.2, 0) is 6.54 Å². The fraction of sp³-hybridized carbons (Fsp3) is 0.571. The van der Waals surface area contributed by atoms with E-state index < -0.39 is 0 Å². The molecule has 1 unspecified atom stereocenters. The standard InChI is InChI=1S/C14H22ClN3/c1-17-7-3-4-13(10-17)18(2)9-11-8-12(16)5-6-14(11)15/h5-6,8,13H,3-4,7,9-10,16H2,1-2H3. The molecule has 1 heterocycles. The zero-order valence-corrected chi connectivity index (χ0v) is 12.0. The quantitative estimate of drug-likeness (QED) is 0.854. The average Bonchev–Trinajstić information content (AvgIpc) is 2.34. The molecule has 1 aromatic carbocycles. The summed E-state index contributed by atoms with van der Waals surface area (Å²) in [6.45, 7) is 3.21. The number of benzene rings is 1. The van der Waals surface area contributed by atoms with Gasteiger partial charge >= 0.3 is 0 Å². The molecular formula is C14H22ClN3. The minimum absolute atomic E-state index is 0.612. The first-order chi connectivity index (χ1) is 8.56. The molecule has 2 rings (SSSR count). The molecule has 1 fully saturated rings. The van der Waals surface area contributed by atoms with Crippen LogP contribution in [-0.4, -0.2) is 43.0 Å². The number of likely N-dealkylation sites (tertiary alicyclic amines) is 1. The van der Waals surface area contributed by atoms with Gasteiger partial charge in [0.1, 0.15) is 0 Å². The number of hydrogen-bond acceptors (Lipinski definition) is 3. The van der Waals surface area contributed by atoms with Crippen molar-refractivity contribution in [3.05, 3.63) is 28.8 Å². The number of hydrogen-bond donors (Lipinski definition) is 1. The fourth-order valence-corrected chi connectivity index (χ4v) is 2.79. The normalized spacial score (nSPS) is 21.4. The summed E-state index contributed by atoms with van der Waals surface area (Å²) in [5, 5.41) is 0.806. The third-order valence-corrected chi connectivity index (χ3v) is 4.08. The number of nitrogen functional groups attached to an aromatic ring is 1. The van der Waals surface area contributed by atoms with Crippen LogP contribution in [0.3, 0.4) is 0 Å². The number of nitrogens with zero attached hydrogens (tertiary/aromatic N) is 2. The third-order valence-electron chi connectivity index (χ3n) is 3.71. The molecule has 1 aliphatic heterocycles. The van der Waals surface area contributed by atoms with E-state index in [0.29, 0.717) is 6.04 Å². The Morgan fingerprint density at radius 2 is 2.28 bits per heavy atom. The van der Waals surface area contributed by atoms with Gasteiger partial charge in [0, 0.05) is 29.8 Å². The van der Waals surface area contributed by atoms with Crippen LogP contribution in [0.1, 0.15) is 18.4 Å². The van der Waals surface area contributed by atoms with Gasteiger partial charge in [-0.1, -0.05) is 11.6 Å². The fourth-order valence-electron chi connectivity index (χ4n) is 2.61. The Kier molecular flexibility index (Phi) is 4.49. The van der Waals surface area contributed by atoms with Crippen molar-refractivity contribution in [2.75, 3.05) is 32.9 Å². The monoisotopic (exact) mass is 267 g/mol. The minimum Gasteiger partial charge on any atom is -0.399 e. The molecule has 0 bridgehead atoms. The highest BCUT2D eigenvalue weighted by Gasteiger charge is 2.21. The van der Waals surface area contributed by atoms with Crippen molar-refractivity contribution in [2.45, 2.75) is 25.4 Å². The lowest BCUT2D eigenvalue weighted by molar-refractivity contribution is 0.129. The van der Waals surface area contributed by atoms with Gasteiger partial charge in [-0.15, -0.1) is 0 Å². The Labute approximate surface area is 115 Å². The maximum absolute atomic E-state index is 6.22. The highest BCUT2D eigenvalue weighted by atomic mass is 35.5. The van der Waals surface area contributed by atoms with Gasteiger partial charge in [0.15, 0.2) is 0 Å². The summed E-state index contributed by atoms with van der Waals surface area (Å²) in [6, 6.07) is 6.32. The molecule has 1 aromatic rings. The Balaban J connectivity index is 2.01. The summed E-state index contributed by atoms with van der Waals surface area (Å²) in [4.78, 5) is 4.78. The summed E-state index contributed by atoms with van der Waals surface area (Å²) >= 11 is 6.22. The average molecular weight is 268 g/mol. The molecule has 4 heteroatoms. The van der Waals surface area contributed by atoms with Gasteiger partial charge < -0.3 is 10.6 Å². The Bertz CT molecular complexity index is 408. The van der Waals surface area contributed by atoms with Gasteiger partial charge in [-0.25, -0.2) is 0 Å². The van der Waals surface area contributed by atoms with E-state index in [1.54, 1.807) is 0 Å². The highest BCUT2D eigenvalue weighted by Crippen LogP contribution is 2.22. The lowest BCUT2D eigenvalue weighted by atomic mass is 10.0.